The molecule has 8 aromatic carbocycles. The Balaban J connectivity index is 1.07. The van der Waals surface area contributed by atoms with Gasteiger partial charge in [0.1, 0.15) is 0 Å². The van der Waals surface area contributed by atoms with Gasteiger partial charge in [-0.25, -0.2) is 0 Å². The largest absolute Gasteiger partial charge is 0.372 e. The van der Waals surface area contributed by atoms with Gasteiger partial charge in [-0.1, -0.05) is 147 Å². The van der Waals surface area contributed by atoms with Crippen molar-refractivity contribution >= 4 is 81.6 Å². The summed E-state index contributed by atoms with van der Waals surface area (Å²) in [5.41, 5.74) is 11.3. The van der Waals surface area contributed by atoms with Crippen LogP contribution in [0.15, 0.2) is 189 Å². The molecule has 0 saturated heterocycles. The maximum absolute atomic E-state index is 4.81. The van der Waals surface area contributed by atoms with E-state index in [1.807, 2.05) is 0 Å². The summed E-state index contributed by atoms with van der Waals surface area (Å²) in [5.74, 6) is 0. The number of aromatic nitrogens is 1. The third-order valence-electron chi connectivity index (χ3n) is 10.9. The summed E-state index contributed by atoms with van der Waals surface area (Å²) in [7, 11) is 0. The molecule has 55 heavy (non-hydrogen) atoms. The number of fused-ring (bicyclic) bond motifs is 6. The summed E-state index contributed by atoms with van der Waals surface area (Å²) in [6, 6.07) is 63.4. The molecule has 0 saturated carbocycles. The lowest BCUT2D eigenvalue weighted by Gasteiger charge is -2.24. The van der Waals surface area contributed by atoms with E-state index in [4.69, 9.17) is 6.58 Å². The molecule has 0 radical (unpaired) electrons. The second-order valence-corrected chi connectivity index (χ2v) is 15.5. The van der Waals surface area contributed by atoms with E-state index in [1.54, 1.807) is 11.3 Å². The van der Waals surface area contributed by atoms with Gasteiger partial charge in [0.2, 0.25) is 0 Å². The van der Waals surface area contributed by atoms with E-state index < -0.39 is 0 Å². The van der Waals surface area contributed by atoms with Gasteiger partial charge in [-0.15, -0.1) is 11.3 Å². The Kier molecular flexibility index (Phi) is 7.97. The Labute approximate surface area is 324 Å². The summed E-state index contributed by atoms with van der Waals surface area (Å²) in [5, 5.41) is 12.7. The molecule has 2 heterocycles. The summed E-state index contributed by atoms with van der Waals surface area (Å²) in [6.07, 6.45) is 0. The molecular weight excluding hydrogens is 685 g/mol. The van der Waals surface area contributed by atoms with Crippen LogP contribution in [0.1, 0.15) is 29.0 Å². The second kappa shape index (κ2) is 13.3. The molecule has 1 atom stereocenters. The van der Waals surface area contributed by atoms with Gasteiger partial charge in [-0.2, -0.15) is 0 Å². The molecule has 3 heteroatoms. The minimum atomic E-state index is -0.186. The first-order valence-corrected chi connectivity index (χ1v) is 19.6. The second-order valence-electron chi connectivity index (χ2n) is 14.5. The minimum absolute atomic E-state index is 0.186. The molecule has 1 N–H and O–H groups in total. The fraction of sp³-hybridized carbons (Fsp3) is 0.0385. The van der Waals surface area contributed by atoms with Crippen molar-refractivity contribution in [2.24, 2.45) is 0 Å². The fourth-order valence-corrected chi connectivity index (χ4v) is 9.33. The first-order chi connectivity index (χ1) is 27.0. The number of hydrogen-bond acceptors (Lipinski definition) is 2. The van der Waals surface area contributed by atoms with Gasteiger partial charge in [0.15, 0.2) is 0 Å². The van der Waals surface area contributed by atoms with Gasteiger partial charge in [0.25, 0.3) is 0 Å². The van der Waals surface area contributed by atoms with Gasteiger partial charge in [-0.05, 0) is 104 Å². The van der Waals surface area contributed by atoms with E-state index in [0.29, 0.717) is 0 Å². The van der Waals surface area contributed by atoms with Crippen molar-refractivity contribution in [3.63, 3.8) is 0 Å². The molecule has 0 bridgehead atoms. The highest BCUT2D eigenvalue weighted by atomic mass is 32.1. The fourth-order valence-electron chi connectivity index (χ4n) is 8.20. The topological polar surface area (TPSA) is 17.0 Å². The number of para-hydroxylation sites is 1. The van der Waals surface area contributed by atoms with E-state index in [0.717, 1.165) is 38.5 Å². The Morgan fingerprint density at radius 3 is 2.02 bits per heavy atom. The van der Waals surface area contributed by atoms with Crippen LogP contribution >= 0.6 is 11.3 Å². The lowest BCUT2D eigenvalue weighted by Crippen LogP contribution is -2.13. The number of nitrogens with zero attached hydrogens (tertiary/aromatic N) is 1. The molecule has 0 spiro atoms. The predicted octanol–water partition coefficient (Wildman–Crippen LogP) is 14.9. The molecular formula is C52H38N2S. The summed E-state index contributed by atoms with van der Waals surface area (Å²) in [4.78, 5) is 1.16. The maximum atomic E-state index is 4.81. The first kappa shape index (κ1) is 32.9. The van der Waals surface area contributed by atoms with E-state index in [9.17, 15) is 0 Å². The normalized spacial score (nSPS) is 12.2. The summed E-state index contributed by atoms with van der Waals surface area (Å²) in [6.45, 7) is 11.3. The monoisotopic (exact) mass is 722 g/mol. The van der Waals surface area contributed by atoms with E-state index in [-0.39, 0.29) is 6.04 Å². The maximum Gasteiger partial charge on any atom is 0.0768 e. The number of anilines is 1. The highest BCUT2D eigenvalue weighted by Crippen LogP contribution is 2.45. The predicted molar refractivity (Wildman–Crippen MR) is 240 cm³/mol. The molecule has 10 aromatic rings. The van der Waals surface area contributed by atoms with Gasteiger partial charge in [0.05, 0.1) is 27.6 Å². The van der Waals surface area contributed by atoms with Crippen LogP contribution in [0.5, 0.6) is 0 Å². The van der Waals surface area contributed by atoms with Crippen LogP contribution in [0.25, 0.3) is 81.4 Å². The zero-order valence-electron chi connectivity index (χ0n) is 30.6. The Bertz CT molecular complexity index is 3130. The Hall–Kier alpha value is -6.68. The van der Waals surface area contributed by atoms with Gasteiger partial charge < -0.3 is 9.88 Å². The molecule has 2 aromatic heterocycles. The zero-order valence-corrected chi connectivity index (χ0v) is 31.4. The van der Waals surface area contributed by atoms with E-state index in [2.05, 4.69) is 199 Å². The smallest absolute Gasteiger partial charge is 0.0768 e. The van der Waals surface area contributed by atoms with Crippen LogP contribution in [0.2, 0.25) is 0 Å². The standard InChI is InChI=1S/C52H38N2S/c1-33(2)52-51(45-27-26-42(32-49(45)55-52)41-25-24-35-14-7-8-17-38(35)28-41)53-50(36-15-5-4-6-16-36)34(3)37-20-13-21-43(29-37)54-47-23-12-11-22-44(47)46-30-39-18-9-10-19-40(39)31-48(46)54/h4-32,50,53H,1,3H2,2H3. The number of allylic oxidation sites excluding steroid dienone is 1. The van der Waals surface area contributed by atoms with Crippen LogP contribution in [0.3, 0.4) is 0 Å². The highest BCUT2D eigenvalue weighted by molar-refractivity contribution is 7.20. The minimum Gasteiger partial charge on any atom is -0.372 e. The first-order valence-electron chi connectivity index (χ1n) is 18.7. The molecule has 0 amide bonds. The number of rotatable bonds is 8. The summed E-state index contributed by atoms with van der Waals surface area (Å²) < 4.78 is 3.63. The van der Waals surface area contributed by atoms with Crippen molar-refractivity contribution in [2.45, 2.75) is 13.0 Å². The molecule has 10 rings (SSSR count). The Morgan fingerprint density at radius 1 is 0.545 bits per heavy atom. The Morgan fingerprint density at radius 2 is 1.22 bits per heavy atom. The van der Waals surface area contributed by atoms with Crippen molar-refractivity contribution in [1.29, 1.82) is 0 Å². The van der Waals surface area contributed by atoms with Gasteiger partial charge in [-0.3, -0.25) is 0 Å². The number of thiophene rings is 1. The zero-order chi connectivity index (χ0) is 37.0. The molecule has 0 fully saturated rings. The van der Waals surface area contributed by atoms with Crippen LogP contribution in [0.4, 0.5) is 5.69 Å². The lowest BCUT2D eigenvalue weighted by atomic mass is 9.93. The van der Waals surface area contributed by atoms with Gasteiger partial charge >= 0.3 is 0 Å². The number of hydrogen-bond donors (Lipinski definition) is 1. The molecule has 0 aliphatic heterocycles. The van der Waals surface area contributed by atoms with Crippen molar-refractivity contribution in [2.75, 3.05) is 5.32 Å². The third-order valence-corrected chi connectivity index (χ3v) is 12.3. The molecule has 2 nitrogen and oxygen atoms in total. The quantitative estimate of drug-likeness (QED) is 0.165. The average Bonchev–Trinajstić information content (AvgIpc) is 3.76. The van der Waals surface area contributed by atoms with Crippen LogP contribution < -0.4 is 5.32 Å². The van der Waals surface area contributed by atoms with Crippen LogP contribution in [-0.2, 0) is 0 Å². The number of benzene rings is 8. The molecule has 0 aliphatic carbocycles. The molecule has 1 unspecified atom stereocenters. The van der Waals surface area contributed by atoms with E-state index >= 15 is 0 Å². The van der Waals surface area contributed by atoms with Crippen molar-refractivity contribution < 1.29 is 0 Å². The SMILES string of the molecule is C=C(C)c1sc2cc(-c3ccc4ccccc4c3)ccc2c1NC(C(=C)c1cccc(-n2c3ccccc3c3cc4ccccc4cc32)c1)c1ccccc1. The van der Waals surface area contributed by atoms with E-state index in [1.165, 1.54) is 64.6 Å². The number of nitrogens with one attached hydrogen (secondary N) is 1. The van der Waals surface area contributed by atoms with Crippen molar-refractivity contribution in [3.8, 4) is 16.8 Å². The van der Waals surface area contributed by atoms with Crippen molar-refractivity contribution in [3.05, 3.63) is 205 Å². The average molecular weight is 723 g/mol. The molecule has 262 valence electrons. The lowest BCUT2D eigenvalue weighted by molar-refractivity contribution is 1.01. The van der Waals surface area contributed by atoms with Gasteiger partial charge in [0, 0.05) is 26.5 Å². The molecule has 0 aliphatic rings. The highest BCUT2D eigenvalue weighted by Gasteiger charge is 2.23. The third kappa shape index (κ3) is 5.72. The van der Waals surface area contributed by atoms with Crippen molar-refractivity contribution in [1.82, 2.24) is 4.57 Å². The summed E-state index contributed by atoms with van der Waals surface area (Å²) >= 11 is 1.80. The van der Waals surface area contributed by atoms with Crippen LogP contribution in [0, 0.1) is 0 Å². The van der Waals surface area contributed by atoms with Crippen LogP contribution in [-0.4, -0.2) is 4.57 Å².